The minimum absolute atomic E-state index is 0.00965. The van der Waals surface area contributed by atoms with Gasteiger partial charge in [-0.1, -0.05) is 44.0 Å². The third-order valence-electron chi connectivity index (χ3n) is 5.67. The molecule has 0 bridgehead atoms. The minimum Gasteiger partial charge on any atom is -0.350 e. The van der Waals surface area contributed by atoms with Crippen molar-refractivity contribution in [1.29, 1.82) is 0 Å². The first kappa shape index (κ1) is 17.4. The van der Waals surface area contributed by atoms with Crippen molar-refractivity contribution in [2.24, 2.45) is 11.7 Å². The Morgan fingerprint density at radius 2 is 1.92 bits per heavy atom. The van der Waals surface area contributed by atoms with E-state index in [9.17, 15) is 4.79 Å². The van der Waals surface area contributed by atoms with Crippen molar-refractivity contribution in [3.05, 3.63) is 35.4 Å². The monoisotopic (exact) mass is 329 g/mol. The molecule has 4 nitrogen and oxygen atoms in total. The van der Waals surface area contributed by atoms with Crippen molar-refractivity contribution in [3.63, 3.8) is 0 Å². The summed E-state index contributed by atoms with van der Waals surface area (Å²) in [6, 6.07) is 8.58. The zero-order chi connectivity index (χ0) is 17.0. The molecular weight excluding hydrogens is 298 g/mol. The summed E-state index contributed by atoms with van der Waals surface area (Å²) in [5.41, 5.74) is 8.07. The van der Waals surface area contributed by atoms with Crippen LogP contribution >= 0.6 is 0 Å². The number of carbonyl (C=O) groups excluding carboxylic acids is 1. The molecule has 0 atom stereocenters. The van der Waals surface area contributed by atoms with Crippen molar-refractivity contribution >= 4 is 5.91 Å². The van der Waals surface area contributed by atoms with Crippen LogP contribution in [-0.2, 0) is 17.9 Å². The normalized spacial score (nSPS) is 21.8. The van der Waals surface area contributed by atoms with Crippen LogP contribution in [0.15, 0.2) is 24.3 Å². The van der Waals surface area contributed by atoms with E-state index in [2.05, 4.69) is 41.4 Å². The number of hydrogen-bond acceptors (Lipinski definition) is 3. The van der Waals surface area contributed by atoms with Crippen LogP contribution in [-0.4, -0.2) is 29.4 Å². The van der Waals surface area contributed by atoms with Gasteiger partial charge in [0.05, 0.1) is 5.54 Å². The van der Waals surface area contributed by atoms with Crippen LogP contribution in [0.4, 0.5) is 0 Å². The first-order valence-electron chi connectivity index (χ1n) is 9.42. The summed E-state index contributed by atoms with van der Waals surface area (Å²) >= 11 is 0. The first-order valence-corrected chi connectivity index (χ1v) is 9.42. The second-order valence-electron chi connectivity index (χ2n) is 7.82. The molecule has 0 aromatic heterocycles. The summed E-state index contributed by atoms with van der Waals surface area (Å²) in [4.78, 5) is 14.9. The third kappa shape index (κ3) is 4.37. The molecule has 1 aromatic carbocycles. The van der Waals surface area contributed by atoms with E-state index in [4.69, 9.17) is 5.73 Å². The number of nitrogens with one attached hydrogen (secondary N) is 1. The van der Waals surface area contributed by atoms with Gasteiger partial charge in [0.15, 0.2) is 0 Å². The lowest BCUT2D eigenvalue weighted by Gasteiger charge is -2.30. The molecule has 1 amide bonds. The van der Waals surface area contributed by atoms with Crippen LogP contribution in [0.5, 0.6) is 0 Å². The summed E-state index contributed by atoms with van der Waals surface area (Å²) in [6.07, 6.45) is 6.35. The number of benzene rings is 1. The molecule has 3 rings (SSSR count). The van der Waals surface area contributed by atoms with Gasteiger partial charge in [0, 0.05) is 13.1 Å². The lowest BCUT2D eigenvalue weighted by Crippen LogP contribution is -2.51. The maximum atomic E-state index is 12.3. The predicted octanol–water partition coefficient (Wildman–Crippen LogP) is 2.81. The van der Waals surface area contributed by atoms with Crippen molar-refractivity contribution in [3.8, 4) is 0 Å². The van der Waals surface area contributed by atoms with Gasteiger partial charge in [-0.15, -0.1) is 0 Å². The Morgan fingerprint density at radius 1 is 1.25 bits per heavy atom. The van der Waals surface area contributed by atoms with E-state index in [1.165, 1.54) is 31.5 Å². The number of rotatable bonds is 5. The summed E-state index contributed by atoms with van der Waals surface area (Å²) in [6.45, 7) is 6.31. The Labute approximate surface area is 145 Å². The highest BCUT2D eigenvalue weighted by atomic mass is 16.2. The lowest BCUT2D eigenvalue weighted by atomic mass is 9.98. The second kappa shape index (κ2) is 7.66. The largest absolute Gasteiger partial charge is 0.350 e. The van der Waals surface area contributed by atoms with Crippen LogP contribution in [0.3, 0.4) is 0 Å². The predicted molar refractivity (Wildman–Crippen MR) is 97.4 cm³/mol. The highest BCUT2D eigenvalue weighted by Crippen LogP contribution is 2.27. The zero-order valence-corrected chi connectivity index (χ0v) is 14.9. The van der Waals surface area contributed by atoms with Crippen LogP contribution < -0.4 is 11.1 Å². The molecule has 2 aliphatic rings. The fourth-order valence-corrected chi connectivity index (χ4v) is 3.91. The fourth-order valence-electron chi connectivity index (χ4n) is 3.91. The molecule has 0 unspecified atom stereocenters. The molecule has 2 fully saturated rings. The fraction of sp³-hybridized carbons (Fsp3) is 0.650. The second-order valence-corrected chi connectivity index (χ2v) is 7.82. The van der Waals surface area contributed by atoms with Crippen molar-refractivity contribution in [2.45, 2.75) is 64.1 Å². The quantitative estimate of drug-likeness (QED) is 0.873. The van der Waals surface area contributed by atoms with Gasteiger partial charge in [-0.25, -0.2) is 0 Å². The van der Waals surface area contributed by atoms with Crippen LogP contribution in [0, 0.1) is 5.92 Å². The summed E-state index contributed by atoms with van der Waals surface area (Å²) in [5.74, 6) is 0.873. The van der Waals surface area contributed by atoms with E-state index >= 15 is 0 Å². The average molecular weight is 329 g/mol. The molecule has 1 aliphatic heterocycles. The van der Waals surface area contributed by atoms with E-state index in [-0.39, 0.29) is 5.91 Å². The first-order chi connectivity index (χ1) is 11.5. The van der Waals surface area contributed by atoms with Crippen molar-refractivity contribution in [1.82, 2.24) is 10.2 Å². The number of amides is 1. The Bertz CT molecular complexity index is 558. The van der Waals surface area contributed by atoms with Gasteiger partial charge >= 0.3 is 0 Å². The number of carbonyl (C=O) groups is 1. The Hall–Kier alpha value is -1.39. The standard InChI is InChI=1S/C20H31N3O/c1-16-7-11-23(12-8-16)15-18-6-4-5-17(13-18)14-22-19(24)20(21)9-2-3-10-20/h4-6,13,16H,2-3,7-12,14-15,21H2,1H3,(H,22,24). The van der Waals surface area contributed by atoms with Gasteiger partial charge in [-0.2, -0.15) is 0 Å². The molecule has 0 spiro atoms. The number of nitrogens with two attached hydrogens (primary N) is 1. The summed E-state index contributed by atoms with van der Waals surface area (Å²) in [5, 5.41) is 3.04. The summed E-state index contributed by atoms with van der Waals surface area (Å²) < 4.78 is 0. The van der Waals surface area contributed by atoms with Crippen LogP contribution in [0.25, 0.3) is 0 Å². The molecule has 1 heterocycles. The summed E-state index contributed by atoms with van der Waals surface area (Å²) in [7, 11) is 0. The third-order valence-corrected chi connectivity index (χ3v) is 5.67. The smallest absolute Gasteiger partial charge is 0.240 e. The Kier molecular flexibility index (Phi) is 5.57. The van der Waals surface area contributed by atoms with Crippen LogP contribution in [0.1, 0.15) is 56.6 Å². The van der Waals surface area contributed by atoms with Gasteiger partial charge < -0.3 is 11.1 Å². The van der Waals surface area contributed by atoms with E-state index in [1.54, 1.807) is 0 Å². The molecule has 1 aliphatic carbocycles. The van der Waals surface area contributed by atoms with Gasteiger partial charge in [-0.3, -0.25) is 9.69 Å². The van der Waals surface area contributed by atoms with Gasteiger partial charge in [0.2, 0.25) is 5.91 Å². The Balaban J connectivity index is 1.52. The molecule has 24 heavy (non-hydrogen) atoms. The Morgan fingerprint density at radius 3 is 2.62 bits per heavy atom. The molecule has 1 aromatic rings. The lowest BCUT2D eigenvalue weighted by molar-refractivity contribution is -0.126. The molecule has 1 saturated carbocycles. The van der Waals surface area contributed by atoms with Gasteiger partial charge in [0.1, 0.15) is 0 Å². The van der Waals surface area contributed by atoms with Crippen molar-refractivity contribution < 1.29 is 4.79 Å². The minimum atomic E-state index is -0.637. The van der Waals surface area contributed by atoms with Crippen molar-refractivity contribution in [2.75, 3.05) is 13.1 Å². The molecule has 132 valence electrons. The highest BCUT2D eigenvalue weighted by molar-refractivity contribution is 5.86. The molecule has 3 N–H and O–H groups in total. The molecule has 1 saturated heterocycles. The number of likely N-dealkylation sites (tertiary alicyclic amines) is 1. The maximum Gasteiger partial charge on any atom is 0.240 e. The van der Waals surface area contributed by atoms with E-state index in [1.807, 2.05) is 0 Å². The SMILES string of the molecule is CC1CCN(Cc2cccc(CNC(=O)C3(N)CCCC3)c2)CC1. The van der Waals surface area contributed by atoms with Gasteiger partial charge in [-0.05, 0) is 55.8 Å². The topological polar surface area (TPSA) is 58.4 Å². The van der Waals surface area contributed by atoms with E-state index < -0.39 is 5.54 Å². The zero-order valence-electron chi connectivity index (χ0n) is 14.9. The average Bonchev–Trinajstić information content (AvgIpc) is 3.03. The van der Waals surface area contributed by atoms with E-state index in [0.29, 0.717) is 6.54 Å². The van der Waals surface area contributed by atoms with Crippen LogP contribution in [0.2, 0.25) is 0 Å². The maximum absolute atomic E-state index is 12.3. The highest BCUT2D eigenvalue weighted by Gasteiger charge is 2.36. The number of hydrogen-bond donors (Lipinski definition) is 2. The van der Waals surface area contributed by atoms with Gasteiger partial charge in [0.25, 0.3) is 0 Å². The van der Waals surface area contributed by atoms with E-state index in [0.717, 1.165) is 43.7 Å². The molecule has 0 radical (unpaired) electrons. The molecule has 4 heteroatoms. The number of piperidine rings is 1. The number of nitrogens with zero attached hydrogens (tertiary/aromatic N) is 1. The molecular formula is C20H31N3O.